The first kappa shape index (κ1) is 16.2. The van der Waals surface area contributed by atoms with Crippen LogP contribution in [0, 0.1) is 0 Å². The third kappa shape index (κ3) is 5.27. The molecule has 21 heavy (non-hydrogen) atoms. The molecule has 1 atom stereocenters. The standard InChI is InChI=1S/C17H20ClNOS/c1-2-11-20-15-7-3-13(4-8-15)17(19)12-21-16-9-5-14(18)6-10-16/h3-10,17H,2,11-12,19H2,1H3. The second-order valence-corrected chi connectivity index (χ2v) is 6.32. The first-order valence-corrected chi connectivity index (χ1v) is 8.42. The van der Waals surface area contributed by atoms with Crippen LogP contribution in [0.25, 0.3) is 0 Å². The van der Waals surface area contributed by atoms with Gasteiger partial charge in [0.15, 0.2) is 0 Å². The van der Waals surface area contributed by atoms with Crippen LogP contribution in [0.4, 0.5) is 0 Å². The van der Waals surface area contributed by atoms with Crippen molar-refractivity contribution in [1.29, 1.82) is 0 Å². The number of hydrogen-bond acceptors (Lipinski definition) is 3. The molecule has 0 saturated heterocycles. The van der Waals surface area contributed by atoms with Crippen LogP contribution < -0.4 is 10.5 Å². The van der Waals surface area contributed by atoms with E-state index in [1.807, 2.05) is 48.5 Å². The van der Waals surface area contributed by atoms with E-state index in [2.05, 4.69) is 6.92 Å². The predicted molar refractivity (Wildman–Crippen MR) is 91.3 cm³/mol. The molecule has 1 unspecified atom stereocenters. The van der Waals surface area contributed by atoms with Gasteiger partial charge in [-0.2, -0.15) is 0 Å². The van der Waals surface area contributed by atoms with Crippen molar-refractivity contribution >= 4 is 23.4 Å². The molecule has 0 aliphatic heterocycles. The normalized spacial score (nSPS) is 12.1. The molecule has 2 aromatic carbocycles. The zero-order valence-corrected chi connectivity index (χ0v) is 13.7. The maximum absolute atomic E-state index is 6.24. The molecule has 2 N–H and O–H groups in total. The number of halogens is 1. The van der Waals surface area contributed by atoms with Crippen molar-refractivity contribution < 1.29 is 4.74 Å². The van der Waals surface area contributed by atoms with Gasteiger partial charge in [-0.3, -0.25) is 0 Å². The van der Waals surface area contributed by atoms with Crippen molar-refractivity contribution in [3.8, 4) is 5.75 Å². The first-order valence-electron chi connectivity index (χ1n) is 7.05. The van der Waals surface area contributed by atoms with E-state index in [1.165, 1.54) is 4.90 Å². The van der Waals surface area contributed by atoms with E-state index >= 15 is 0 Å². The Labute approximate surface area is 135 Å². The zero-order valence-electron chi connectivity index (χ0n) is 12.1. The molecular formula is C17H20ClNOS. The Kier molecular flexibility index (Phi) is 6.43. The van der Waals surface area contributed by atoms with Crippen LogP contribution in [0.3, 0.4) is 0 Å². The number of benzene rings is 2. The second-order valence-electron chi connectivity index (χ2n) is 4.79. The summed E-state index contributed by atoms with van der Waals surface area (Å²) in [4.78, 5) is 1.18. The molecule has 0 fully saturated rings. The molecule has 0 radical (unpaired) electrons. The molecule has 2 nitrogen and oxygen atoms in total. The lowest BCUT2D eigenvalue weighted by atomic mass is 10.1. The smallest absolute Gasteiger partial charge is 0.119 e. The predicted octanol–water partition coefficient (Wildman–Crippen LogP) is 4.92. The molecule has 0 aliphatic rings. The van der Waals surface area contributed by atoms with Gasteiger partial charge < -0.3 is 10.5 Å². The van der Waals surface area contributed by atoms with Gasteiger partial charge in [-0.15, -0.1) is 11.8 Å². The minimum absolute atomic E-state index is 0.00547. The molecule has 0 bridgehead atoms. The fourth-order valence-corrected chi connectivity index (χ4v) is 2.86. The average molecular weight is 322 g/mol. The highest BCUT2D eigenvalue weighted by Gasteiger charge is 2.07. The summed E-state index contributed by atoms with van der Waals surface area (Å²) in [5.74, 6) is 1.73. The highest BCUT2D eigenvalue weighted by Crippen LogP contribution is 2.25. The Balaban J connectivity index is 1.87. The summed E-state index contributed by atoms with van der Waals surface area (Å²) in [5.41, 5.74) is 7.36. The summed E-state index contributed by atoms with van der Waals surface area (Å²) in [6.07, 6.45) is 1.01. The quantitative estimate of drug-likeness (QED) is 0.735. The molecule has 0 saturated carbocycles. The first-order chi connectivity index (χ1) is 10.2. The van der Waals surface area contributed by atoms with Crippen LogP contribution in [-0.2, 0) is 0 Å². The molecule has 0 spiro atoms. The fraction of sp³-hybridized carbons (Fsp3) is 0.294. The Bertz CT molecular complexity index is 542. The summed E-state index contributed by atoms with van der Waals surface area (Å²) < 4.78 is 5.57. The van der Waals surface area contributed by atoms with E-state index in [0.29, 0.717) is 0 Å². The monoisotopic (exact) mass is 321 g/mol. The molecule has 0 aliphatic carbocycles. The van der Waals surface area contributed by atoms with Crippen LogP contribution in [0.2, 0.25) is 5.02 Å². The molecule has 4 heteroatoms. The van der Waals surface area contributed by atoms with Gasteiger partial charge in [-0.25, -0.2) is 0 Å². The Hall–Kier alpha value is -1.16. The Morgan fingerprint density at radius 2 is 1.76 bits per heavy atom. The van der Waals surface area contributed by atoms with Crippen LogP contribution in [0.5, 0.6) is 5.75 Å². The van der Waals surface area contributed by atoms with Gasteiger partial charge in [0.05, 0.1) is 6.61 Å². The fourth-order valence-electron chi connectivity index (χ4n) is 1.84. The Morgan fingerprint density at radius 1 is 1.10 bits per heavy atom. The van der Waals surface area contributed by atoms with Crippen molar-refractivity contribution in [2.45, 2.75) is 24.3 Å². The summed E-state index contributed by atoms with van der Waals surface area (Å²) in [5, 5.41) is 0.756. The topological polar surface area (TPSA) is 35.2 Å². The summed E-state index contributed by atoms with van der Waals surface area (Å²) in [7, 11) is 0. The third-order valence-corrected chi connectivity index (χ3v) is 4.41. The molecule has 112 valence electrons. The second kappa shape index (κ2) is 8.32. The maximum Gasteiger partial charge on any atom is 0.119 e. The molecule has 2 aromatic rings. The number of thioether (sulfide) groups is 1. The highest BCUT2D eigenvalue weighted by atomic mass is 35.5. The molecular weight excluding hydrogens is 302 g/mol. The van der Waals surface area contributed by atoms with Gasteiger partial charge in [-0.1, -0.05) is 30.7 Å². The molecule has 0 amide bonds. The molecule has 0 aromatic heterocycles. The van der Waals surface area contributed by atoms with Crippen molar-refractivity contribution in [1.82, 2.24) is 0 Å². The number of rotatable bonds is 7. The van der Waals surface area contributed by atoms with Crippen LogP contribution in [-0.4, -0.2) is 12.4 Å². The van der Waals surface area contributed by atoms with E-state index in [4.69, 9.17) is 22.1 Å². The van der Waals surface area contributed by atoms with Gasteiger partial charge in [0.1, 0.15) is 5.75 Å². The number of nitrogens with two attached hydrogens (primary N) is 1. The lowest BCUT2D eigenvalue weighted by molar-refractivity contribution is 0.317. The van der Waals surface area contributed by atoms with Crippen LogP contribution >= 0.6 is 23.4 Å². The lowest BCUT2D eigenvalue weighted by Crippen LogP contribution is -2.12. The lowest BCUT2D eigenvalue weighted by Gasteiger charge is -2.13. The van der Waals surface area contributed by atoms with Crippen molar-refractivity contribution in [2.75, 3.05) is 12.4 Å². The minimum atomic E-state index is 0.00547. The van der Waals surface area contributed by atoms with Gasteiger partial charge >= 0.3 is 0 Å². The third-order valence-electron chi connectivity index (χ3n) is 3.02. The van der Waals surface area contributed by atoms with Crippen molar-refractivity contribution in [3.63, 3.8) is 0 Å². The van der Waals surface area contributed by atoms with E-state index in [0.717, 1.165) is 35.1 Å². The minimum Gasteiger partial charge on any atom is -0.494 e. The summed E-state index contributed by atoms with van der Waals surface area (Å²) in [6, 6.07) is 15.9. The van der Waals surface area contributed by atoms with Gasteiger partial charge in [0.25, 0.3) is 0 Å². The van der Waals surface area contributed by atoms with Gasteiger partial charge in [0.2, 0.25) is 0 Å². The highest BCUT2D eigenvalue weighted by molar-refractivity contribution is 7.99. The van der Waals surface area contributed by atoms with Crippen LogP contribution in [0.1, 0.15) is 24.9 Å². The summed E-state index contributed by atoms with van der Waals surface area (Å²) >= 11 is 7.61. The van der Waals surface area contributed by atoms with Crippen molar-refractivity contribution in [2.24, 2.45) is 5.73 Å². The van der Waals surface area contributed by atoms with Crippen LogP contribution in [0.15, 0.2) is 53.4 Å². The summed E-state index contributed by atoms with van der Waals surface area (Å²) in [6.45, 7) is 2.84. The number of hydrogen-bond donors (Lipinski definition) is 1. The van der Waals surface area contributed by atoms with Gasteiger partial charge in [0, 0.05) is 21.7 Å². The van der Waals surface area contributed by atoms with E-state index < -0.39 is 0 Å². The molecule has 0 heterocycles. The zero-order chi connectivity index (χ0) is 15.1. The van der Waals surface area contributed by atoms with E-state index in [9.17, 15) is 0 Å². The maximum atomic E-state index is 6.24. The van der Waals surface area contributed by atoms with E-state index in [1.54, 1.807) is 11.8 Å². The largest absolute Gasteiger partial charge is 0.494 e. The Morgan fingerprint density at radius 3 is 2.38 bits per heavy atom. The average Bonchev–Trinajstić information content (AvgIpc) is 2.52. The van der Waals surface area contributed by atoms with Crippen molar-refractivity contribution in [3.05, 3.63) is 59.1 Å². The van der Waals surface area contributed by atoms with Gasteiger partial charge in [-0.05, 0) is 48.4 Å². The molecule has 2 rings (SSSR count). The number of ether oxygens (including phenoxy) is 1. The van der Waals surface area contributed by atoms with E-state index in [-0.39, 0.29) is 6.04 Å². The SMILES string of the molecule is CCCOc1ccc(C(N)CSc2ccc(Cl)cc2)cc1.